The summed E-state index contributed by atoms with van der Waals surface area (Å²) in [5.41, 5.74) is 2.78. The fraction of sp³-hybridized carbons (Fsp3) is 0.0588. The lowest BCUT2D eigenvalue weighted by Crippen LogP contribution is -2.16. The van der Waals surface area contributed by atoms with Crippen LogP contribution in [0.1, 0.15) is 5.56 Å². The van der Waals surface area contributed by atoms with Crippen LogP contribution >= 0.6 is 11.8 Å². The standard InChI is InChI=1S/C17H13N3OS/c1-11-6-8-12(9-7-11)19-16(21)13(10-18)17-20-14-4-2-3-5-15(14)22-17/h2-9,20H,1H3,(H,19,21). The van der Waals surface area contributed by atoms with Gasteiger partial charge in [0.05, 0.1) is 5.69 Å². The number of nitrogens with zero attached hydrogens (tertiary/aromatic N) is 1. The minimum atomic E-state index is -0.408. The number of para-hydroxylation sites is 1. The molecule has 22 heavy (non-hydrogen) atoms. The van der Waals surface area contributed by atoms with Gasteiger partial charge in [-0.05, 0) is 31.2 Å². The highest BCUT2D eigenvalue weighted by Crippen LogP contribution is 2.41. The Bertz CT molecular complexity index is 776. The second-order valence-corrected chi connectivity index (χ2v) is 5.91. The van der Waals surface area contributed by atoms with Gasteiger partial charge < -0.3 is 10.6 Å². The molecule has 0 spiro atoms. The van der Waals surface area contributed by atoms with Crippen LogP contribution in [0.5, 0.6) is 0 Å². The average Bonchev–Trinajstić information content (AvgIpc) is 2.94. The summed E-state index contributed by atoms with van der Waals surface area (Å²) in [4.78, 5) is 13.3. The van der Waals surface area contributed by atoms with Gasteiger partial charge >= 0.3 is 0 Å². The number of hydrogen-bond acceptors (Lipinski definition) is 4. The first-order valence-corrected chi connectivity index (χ1v) is 7.55. The molecule has 0 aliphatic carbocycles. The minimum Gasteiger partial charge on any atom is -0.348 e. The van der Waals surface area contributed by atoms with Crippen LogP contribution in [0.3, 0.4) is 0 Å². The maximum absolute atomic E-state index is 12.3. The zero-order valence-electron chi connectivity index (χ0n) is 11.9. The normalized spacial score (nSPS) is 14.5. The predicted molar refractivity (Wildman–Crippen MR) is 88.4 cm³/mol. The SMILES string of the molecule is Cc1ccc(NC(=O)C(C#N)=C2Nc3ccccc3S2)cc1. The van der Waals surface area contributed by atoms with E-state index < -0.39 is 5.91 Å². The van der Waals surface area contributed by atoms with E-state index in [9.17, 15) is 10.1 Å². The number of amides is 1. The largest absolute Gasteiger partial charge is 0.348 e. The molecule has 1 aliphatic rings. The molecule has 2 aromatic carbocycles. The highest BCUT2D eigenvalue weighted by Gasteiger charge is 2.23. The summed E-state index contributed by atoms with van der Waals surface area (Å²) in [6, 6.07) is 17.2. The van der Waals surface area contributed by atoms with Gasteiger partial charge in [-0.3, -0.25) is 4.79 Å². The first-order valence-electron chi connectivity index (χ1n) is 6.73. The summed E-state index contributed by atoms with van der Waals surface area (Å²) >= 11 is 1.40. The van der Waals surface area contributed by atoms with Crippen LogP contribution < -0.4 is 10.6 Å². The number of nitrogens with one attached hydrogen (secondary N) is 2. The zero-order valence-corrected chi connectivity index (χ0v) is 12.7. The van der Waals surface area contributed by atoms with E-state index in [1.165, 1.54) is 11.8 Å². The number of aryl methyl sites for hydroxylation is 1. The molecule has 0 aromatic heterocycles. The molecule has 3 rings (SSSR count). The Hall–Kier alpha value is -2.71. The average molecular weight is 307 g/mol. The number of fused-ring (bicyclic) bond motifs is 1. The number of nitriles is 1. The van der Waals surface area contributed by atoms with E-state index in [1.54, 1.807) is 0 Å². The van der Waals surface area contributed by atoms with Crippen molar-refractivity contribution in [2.75, 3.05) is 10.6 Å². The smallest absolute Gasteiger partial charge is 0.269 e. The lowest BCUT2D eigenvalue weighted by atomic mass is 10.2. The fourth-order valence-electron chi connectivity index (χ4n) is 2.07. The lowest BCUT2D eigenvalue weighted by Gasteiger charge is -2.06. The monoisotopic (exact) mass is 307 g/mol. The van der Waals surface area contributed by atoms with Crippen LogP contribution in [0.4, 0.5) is 11.4 Å². The van der Waals surface area contributed by atoms with Gasteiger partial charge in [-0.1, -0.05) is 41.6 Å². The van der Waals surface area contributed by atoms with Crippen LogP contribution in [0, 0.1) is 18.3 Å². The fourth-order valence-corrected chi connectivity index (χ4v) is 3.06. The second-order valence-electron chi connectivity index (χ2n) is 4.86. The summed E-state index contributed by atoms with van der Waals surface area (Å²) in [5.74, 6) is -0.408. The molecule has 0 atom stereocenters. The molecule has 108 valence electrons. The van der Waals surface area contributed by atoms with Gasteiger partial charge in [0.1, 0.15) is 16.7 Å². The third-order valence-electron chi connectivity index (χ3n) is 3.22. The van der Waals surface area contributed by atoms with Gasteiger partial charge in [-0.15, -0.1) is 0 Å². The third kappa shape index (κ3) is 2.83. The van der Waals surface area contributed by atoms with E-state index in [2.05, 4.69) is 10.6 Å². The van der Waals surface area contributed by atoms with Crippen LogP contribution in [-0.2, 0) is 4.79 Å². The lowest BCUT2D eigenvalue weighted by molar-refractivity contribution is -0.112. The van der Waals surface area contributed by atoms with Crippen molar-refractivity contribution in [1.82, 2.24) is 0 Å². The molecule has 0 saturated carbocycles. The van der Waals surface area contributed by atoms with Crippen LogP contribution in [0.2, 0.25) is 0 Å². The van der Waals surface area contributed by atoms with Crippen LogP contribution in [0.25, 0.3) is 0 Å². The van der Waals surface area contributed by atoms with Crippen molar-refractivity contribution in [3.63, 3.8) is 0 Å². The van der Waals surface area contributed by atoms with E-state index in [1.807, 2.05) is 61.5 Å². The van der Waals surface area contributed by atoms with Crippen LogP contribution in [-0.4, -0.2) is 5.91 Å². The summed E-state index contributed by atoms with van der Waals surface area (Å²) in [6.45, 7) is 1.98. The molecule has 0 radical (unpaired) electrons. The molecular weight excluding hydrogens is 294 g/mol. The van der Waals surface area contributed by atoms with Crippen LogP contribution in [0.15, 0.2) is 64.0 Å². The van der Waals surface area contributed by atoms with Crippen molar-refractivity contribution in [2.24, 2.45) is 0 Å². The van der Waals surface area contributed by atoms with E-state index in [0.29, 0.717) is 10.7 Å². The van der Waals surface area contributed by atoms with Crippen molar-refractivity contribution in [3.8, 4) is 6.07 Å². The van der Waals surface area contributed by atoms with Crippen molar-refractivity contribution < 1.29 is 4.79 Å². The molecule has 0 fully saturated rings. The number of hydrogen-bond donors (Lipinski definition) is 2. The quantitative estimate of drug-likeness (QED) is 0.652. The van der Waals surface area contributed by atoms with Crippen molar-refractivity contribution in [2.45, 2.75) is 11.8 Å². The molecule has 0 unspecified atom stereocenters. The summed E-state index contributed by atoms with van der Waals surface area (Å²) in [7, 11) is 0. The number of anilines is 2. The van der Waals surface area contributed by atoms with E-state index in [-0.39, 0.29) is 5.57 Å². The van der Waals surface area contributed by atoms with E-state index in [4.69, 9.17) is 0 Å². The second kappa shape index (κ2) is 5.96. The summed E-state index contributed by atoms with van der Waals surface area (Å²) in [5, 5.41) is 15.8. The number of rotatable bonds is 2. The van der Waals surface area contributed by atoms with Gasteiger partial charge in [-0.25, -0.2) is 0 Å². The van der Waals surface area contributed by atoms with Crippen molar-refractivity contribution >= 4 is 29.0 Å². The van der Waals surface area contributed by atoms with Crippen molar-refractivity contribution in [3.05, 3.63) is 64.7 Å². The maximum Gasteiger partial charge on any atom is 0.269 e. The highest BCUT2D eigenvalue weighted by atomic mass is 32.2. The molecule has 4 nitrogen and oxygen atoms in total. The maximum atomic E-state index is 12.3. The molecular formula is C17H13N3OS. The number of benzene rings is 2. The van der Waals surface area contributed by atoms with E-state index in [0.717, 1.165) is 16.1 Å². The van der Waals surface area contributed by atoms with Gasteiger partial charge in [0.15, 0.2) is 0 Å². The number of carbonyl (C=O) groups is 1. The van der Waals surface area contributed by atoms with Gasteiger partial charge in [0, 0.05) is 10.6 Å². The van der Waals surface area contributed by atoms with Gasteiger partial charge in [0.2, 0.25) is 0 Å². The molecule has 1 heterocycles. The van der Waals surface area contributed by atoms with Gasteiger partial charge in [-0.2, -0.15) is 5.26 Å². The first kappa shape index (κ1) is 14.2. The Morgan fingerprint density at radius 1 is 1.18 bits per heavy atom. The zero-order chi connectivity index (χ0) is 15.5. The molecule has 0 saturated heterocycles. The Morgan fingerprint density at radius 2 is 1.91 bits per heavy atom. The minimum absolute atomic E-state index is 0.0850. The first-order chi connectivity index (χ1) is 10.7. The summed E-state index contributed by atoms with van der Waals surface area (Å²) < 4.78 is 0. The third-order valence-corrected chi connectivity index (χ3v) is 4.31. The predicted octanol–water partition coefficient (Wildman–Crippen LogP) is 3.89. The molecule has 2 aromatic rings. The van der Waals surface area contributed by atoms with Gasteiger partial charge in [0.25, 0.3) is 5.91 Å². The molecule has 0 bridgehead atoms. The molecule has 5 heteroatoms. The molecule has 1 aliphatic heterocycles. The topological polar surface area (TPSA) is 64.9 Å². The summed E-state index contributed by atoms with van der Waals surface area (Å²) in [6.07, 6.45) is 0. The molecule has 1 amide bonds. The van der Waals surface area contributed by atoms with E-state index >= 15 is 0 Å². The number of thioether (sulfide) groups is 1. The Morgan fingerprint density at radius 3 is 2.59 bits per heavy atom. The Labute approximate surface area is 132 Å². The molecule has 2 N–H and O–H groups in total. The highest BCUT2D eigenvalue weighted by molar-refractivity contribution is 8.03. The van der Waals surface area contributed by atoms with Crippen molar-refractivity contribution in [1.29, 1.82) is 5.26 Å². The number of carbonyl (C=O) groups excluding carboxylic acids is 1. The Kier molecular flexibility index (Phi) is 3.86. The Balaban J connectivity index is 1.83.